The highest BCUT2D eigenvalue weighted by molar-refractivity contribution is 5.60. The van der Waals surface area contributed by atoms with Crippen LogP contribution < -0.4 is 9.47 Å². The second kappa shape index (κ2) is 6.99. The number of hydrogen-bond donors (Lipinski definition) is 0. The van der Waals surface area contributed by atoms with E-state index in [4.69, 9.17) is 9.47 Å². The third-order valence-corrected chi connectivity index (χ3v) is 7.28. The second-order valence-corrected chi connectivity index (χ2v) is 8.46. The van der Waals surface area contributed by atoms with Crippen molar-refractivity contribution in [2.24, 2.45) is 17.8 Å². The molecule has 3 unspecified atom stereocenters. The first-order valence-electron chi connectivity index (χ1n) is 11.0. The Bertz CT molecular complexity index is 847. The Balaban J connectivity index is 1.76. The summed E-state index contributed by atoms with van der Waals surface area (Å²) in [5.74, 6) is 4.27. The molecule has 2 aromatic rings. The lowest BCUT2D eigenvalue weighted by atomic mass is 9.61. The van der Waals surface area contributed by atoms with Crippen molar-refractivity contribution in [3.8, 4) is 11.5 Å². The summed E-state index contributed by atoms with van der Waals surface area (Å²) in [4.78, 5) is 0. The van der Waals surface area contributed by atoms with Crippen LogP contribution in [0.3, 0.4) is 0 Å². The van der Waals surface area contributed by atoms with E-state index in [1.54, 1.807) is 5.57 Å². The molecule has 0 N–H and O–H groups in total. The van der Waals surface area contributed by atoms with Gasteiger partial charge in [0.25, 0.3) is 0 Å². The van der Waals surface area contributed by atoms with Crippen LogP contribution in [0.1, 0.15) is 50.7 Å². The van der Waals surface area contributed by atoms with Crippen LogP contribution in [0.25, 0.3) is 0 Å². The molecule has 2 aromatic carbocycles. The van der Waals surface area contributed by atoms with Crippen LogP contribution in [0.15, 0.2) is 60.2 Å². The molecular weight excluding hydrogens is 344 g/mol. The number of hydrogen-bond acceptors (Lipinski definition) is 2. The van der Waals surface area contributed by atoms with Crippen molar-refractivity contribution in [1.82, 2.24) is 0 Å². The van der Waals surface area contributed by atoms with Crippen molar-refractivity contribution in [3.05, 3.63) is 71.3 Å². The molecule has 2 saturated carbocycles. The lowest BCUT2D eigenvalue weighted by molar-refractivity contribution is 0.251. The minimum Gasteiger partial charge on any atom is -0.494 e. The maximum absolute atomic E-state index is 6.14. The Hall–Kier alpha value is -2.22. The molecule has 5 rings (SSSR count). The summed E-state index contributed by atoms with van der Waals surface area (Å²) in [6, 6.07) is 17.4. The highest BCUT2D eigenvalue weighted by Gasteiger charge is 2.58. The van der Waals surface area contributed by atoms with Crippen LogP contribution >= 0.6 is 0 Å². The van der Waals surface area contributed by atoms with Gasteiger partial charge >= 0.3 is 0 Å². The molecule has 2 fully saturated rings. The van der Waals surface area contributed by atoms with Crippen molar-refractivity contribution >= 4 is 0 Å². The highest BCUT2D eigenvalue weighted by atomic mass is 16.5. The molecule has 28 heavy (non-hydrogen) atoms. The normalized spacial score (nSPS) is 26.8. The first-order valence-corrected chi connectivity index (χ1v) is 11.0. The molecule has 2 nitrogen and oxygen atoms in total. The summed E-state index contributed by atoms with van der Waals surface area (Å²) in [5.41, 5.74) is 4.17. The Labute approximate surface area is 168 Å². The number of fused-ring (bicyclic) bond motifs is 5. The van der Waals surface area contributed by atoms with Gasteiger partial charge < -0.3 is 9.47 Å². The predicted octanol–water partition coefficient (Wildman–Crippen LogP) is 6.15. The Morgan fingerprint density at radius 3 is 2.07 bits per heavy atom. The topological polar surface area (TPSA) is 18.5 Å². The number of ether oxygens (including phenoxy) is 2. The van der Waals surface area contributed by atoms with Gasteiger partial charge in [0.15, 0.2) is 0 Å². The average Bonchev–Trinajstić information content (AvgIpc) is 3.42. The largest absolute Gasteiger partial charge is 0.494 e. The van der Waals surface area contributed by atoms with Crippen molar-refractivity contribution in [3.63, 3.8) is 0 Å². The summed E-state index contributed by atoms with van der Waals surface area (Å²) in [7, 11) is 0. The van der Waals surface area contributed by atoms with Gasteiger partial charge in [-0.2, -0.15) is 0 Å². The molecule has 0 amide bonds. The van der Waals surface area contributed by atoms with Gasteiger partial charge in [-0.3, -0.25) is 0 Å². The third kappa shape index (κ3) is 2.46. The summed E-state index contributed by atoms with van der Waals surface area (Å²) in [6.07, 6.45) is 7.96. The van der Waals surface area contributed by atoms with Gasteiger partial charge in [0.2, 0.25) is 0 Å². The number of rotatable bonds is 6. The quantitative estimate of drug-likeness (QED) is 0.565. The molecule has 146 valence electrons. The smallest absolute Gasteiger partial charge is 0.123 e. The molecule has 3 atom stereocenters. The first kappa shape index (κ1) is 17.8. The summed E-state index contributed by atoms with van der Waals surface area (Å²) in [5, 5.41) is 0. The monoisotopic (exact) mass is 374 g/mol. The van der Waals surface area contributed by atoms with Crippen LogP contribution in [0.2, 0.25) is 0 Å². The lowest BCUT2D eigenvalue weighted by Crippen LogP contribution is -2.38. The van der Waals surface area contributed by atoms with Crippen molar-refractivity contribution in [2.45, 2.75) is 44.9 Å². The molecule has 0 radical (unpaired) electrons. The van der Waals surface area contributed by atoms with E-state index in [2.05, 4.69) is 68.5 Å². The minimum absolute atomic E-state index is 0.141. The van der Waals surface area contributed by atoms with Crippen molar-refractivity contribution in [2.75, 3.05) is 13.2 Å². The summed E-state index contributed by atoms with van der Waals surface area (Å²) < 4.78 is 12.3. The van der Waals surface area contributed by atoms with Crippen LogP contribution in [0, 0.1) is 17.8 Å². The molecule has 3 aliphatic carbocycles. The number of para-hydroxylation sites is 2. The minimum atomic E-state index is -0.141. The maximum atomic E-state index is 6.14. The van der Waals surface area contributed by atoms with E-state index in [0.717, 1.165) is 23.3 Å². The molecule has 2 heteroatoms. The molecule has 2 bridgehead atoms. The van der Waals surface area contributed by atoms with Crippen molar-refractivity contribution in [1.29, 1.82) is 0 Å². The molecule has 0 saturated heterocycles. The van der Waals surface area contributed by atoms with E-state index in [9.17, 15) is 0 Å². The number of benzene rings is 2. The van der Waals surface area contributed by atoms with E-state index in [1.807, 2.05) is 0 Å². The average molecular weight is 375 g/mol. The van der Waals surface area contributed by atoms with Crippen LogP contribution in [0.5, 0.6) is 11.5 Å². The van der Waals surface area contributed by atoms with Crippen LogP contribution in [-0.4, -0.2) is 13.2 Å². The summed E-state index contributed by atoms with van der Waals surface area (Å²) in [6.45, 7) is 5.52. The molecule has 0 aromatic heterocycles. The van der Waals surface area contributed by atoms with Crippen LogP contribution in [-0.2, 0) is 5.41 Å². The highest BCUT2D eigenvalue weighted by Crippen LogP contribution is 2.66. The molecule has 0 aliphatic heterocycles. The standard InChI is InChI=1S/C26H30O2/c1-3-27-24-14-7-5-12-21(24)26(22-13-6-8-15-25(22)28-4-2)17-18-16-23(26)20-11-9-10-19(18)20/h5-8,12-15,17,19-20,23H,3-4,9-11,16H2,1-2H3. The fourth-order valence-electron chi connectivity index (χ4n) is 6.43. The Kier molecular flexibility index (Phi) is 4.45. The van der Waals surface area contributed by atoms with Gasteiger partial charge in [0.05, 0.1) is 13.2 Å². The maximum Gasteiger partial charge on any atom is 0.123 e. The Morgan fingerprint density at radius 2 is 1.46 bits per heavy atom. The Morgan fingerprint density at radius 1 is 0.857 bits per heavy atom. The molecular formula is C26H30O2. The van der Waals surface area contributed by atoms with Gasteiger partial charge in [0.1, 0.15) is 11.5 Å². The lowest BCUT2D eigenvalue weighted by Gasteiger charge is -2.42. The zero-order valence-corrected chi connectivity index (χ0v) is 17.0. The molecule has 3 aliphatic rings. The van der Waals surface area contributed by atoms with Gasteiger partial charge in [-0.15, -0.1) is 0 Å². The van der Waals surface area contributed by atoms with Gasteiger partial charge in [0, 0.05) is 16.5 Å². The SMILES string of the molecule is CCOc1ccccc1C1(c2ccccc2OCC)C=C2CC1C1CCCC21. The third-order valence-electron chi connectivity index (χ3n) is 7.28. The van der Waals surface area contributed by atoms with Gasteiger partial charge in [-0.25, -0.2) is 0 Å². The predicted molar refractivity (Wildman–Crippen MR) is 113 cm³/mol. The summed E-state index contributed by atoms with van der Waals surface area (Å²) >= 11 is 0. The molecule has 0 heterocycles. The van der Waals surface area contributed by atoms with E-state index >= 15 is 0 Å². The van der Waals surface area contributed by atoms with E-state index in [1.165, 1.54) is 36.8 Å². The van der Waals surface area contributed by atoms with Gasteiger partial charge in [-0.1, -0.05) is 54.5 Å². The fourth-order valence-corrected chi connectivity index (χ4v) is 6.43. The van der Waals surface area contributed by atoms with Crippen LogP contribution in [0.4, 0.5) is 0 Å². The van der Waals surface area contributed by atoms with E-state index in [-0.39, 0.29) is 5.41 Å². The molecule has 0 spiro atoms. The van der Waals surface area contributed by atoms with E-state index in [0.29, 0.717) is 19.1 Å². The van der Waals surface area contributed by atoms with E-state index < -0.39 is 0 Å². The first-order chi connectivity index (χ1) is 13.8. The zero-order chi connectivity index (χ0) is 19.1. The van der Waals surface area contributed by atoms with Gasteiger partial charge in [-0.05, 0) is 63.0 Å². The van der Waals surface area contributed by atoms with Crippen molar-refractivity contribution < 1.29 is 9.47 Å². The fraction of sp³-hybridized carbons (Fsp3) is 0.462. The zero-order valence-electron chi connectivity index (χ0n) is 17.0. The number of allylic oxidation sites excluding steroid dienone is 2. The second-order valence-electron chi connectivity index (χ2n) is 8.46.